The van der Waals surface area contributed by atoms with Crippen LogP contribution in [0.2, 0.25) is 0 Å². The Kier molecular flexibility index (Phi) is 7.42. The van der Waals surface area contributed by atoms with Crippen LogP contribution in [0, 0.1) is 0 Å². The van der Waals surface area contributed by atoms with Crippen LogP contribution in [0.5, 0.6) is 0 Å². The molecule has 25 heteroatoms. The van der Waals surface area contributed by atoms with Crippen molar-refractivity contribution in [1.29, 1.82) is 0 Å². The standard InChI is InChI=1S/C18H5BrF18N2O4/c19-4-1-5(38-7(40)9(20,21)15(32)11(24,25)13(28,29)17(34,35)42-15)3-6(2-4)39-8(41)10(22,23)16(33)12(26,27)14(30,31)18(36,37)43-16/h1-3H,(H,38,40)(H,39,41)/t15-,16-/m1/s1. The van der Waals surface area contributed by atoms with Crippen molar-refractivity contribution < 1.29 is 98.1 Å². The summed E-state index contributed by atoms with van der Waals surface area (Å²) in [6, 6.07) is 0.585. The number of carbonyl (C=O) groups is 2. The summed E-state index contributed by atoms with van der Waals surface area (Å²) in [6.45, 7) is 0. The topological polar surface area (TPSA) is 76.7 Å². The van der Waals surface area contributed by atoms with Gasteiger partial charge in [0.05, 0.1) is 0 Å². The SMILES string of the molecule is O=C(Nc1cc(Br)cc(NC(=O)C(F)(F)[C@@]2(F)OC(F)(F)C(F)(F)C2(F)F)c1)C(F)(F)[C@@]1(F)OC(F)(F)C(F)(F)C1(F)F. The van der Waals surface area contributed by atoms with Gasteiger partial charge in [-0.25, -0.2) is 0 Å². The number of amides is 2. The smallest absolute Gasteiger partial charge is 0.321 e. The van der Waals surface area contributed by atoms with Gasteiger partial charge in [-0.15, -0.1) is 0 Å². The predicted molar refractivity (Wildman–Crippen MR) is 101 cm³/mol. The highest BCUT2D eigenvalue weighted by Crippen LogP contribution is 2.66. The quantitative estimate of drug-likeness (QED) is 0.319. The fraction of sp³-hybridized carbons (Fsp3) is 0.556. The van der Waals surface area contributed by atoms with Crippen molar-refractivity contribution >= 4 is 39.1 Å². The van der Waals surface area contributed by atoms with E-state index in [4.69, 9.17) is 0 Å². The van der Waals surface area contributed by atoms with Gasteiger partial charge in [-0.05, 0) is 18.2 Å². The molecule has 2 aliphatic heterocycles. The monoisotopic (exact) mass is 734 g/mol. The first-order valence-corrected chi connectivity index (χ1v) is 10.8. The number of ether oxygens (including phenoxy) is 2. The van der Waals surface area contributed by atoms with Gasteiger partial charge >= 0.3 is 71.3 Å². The molecular formula is C18H5BrF18N2O4. The highest BCUT2D eigenvalue weighted by Gasteiger charge is 2.97. The van der Waals surface area contributed by atoms with Crippen molar-refractivity contribution in [2.75, 3.05) is 10.6 Å². The molecule has 2 aliphatic rings. The van der Waals surface area contributed by atoms with E-state index in [0.717, 1.165) is 10.6 Å². The Labute approximate surface area is 230 Å². The molecule has 1 aromatic rings. The Morgan fingerprint density at radius 1 is 0.558 bits per heavy atom. The Hall–Kier alpha value is -2.70. The van der Waals surface area contributed by atoms with Crippen molar-refractivity contribution in [2.45, 2.75) is 59.5 Å². The van der Waals surface area contributed by atoms with Crippen LogP contribution in [0.1, 0.15) is 0 Å². The van der Waals surface area contributed by atoms with Crippen LogP contribution in [0.4, 0.5) is 90.4 Å². The number of hydrogen-bond acceptors (Lipinski definition) is 4. The second-order valence-electron chi connectivity index (χ2n) is 8.51. The number of benzene rings is 1. The summed E-state index contributed by atoms with van der Waals surface area (Å²) in [5, 5.41) is 1.50. The Morgan fingerprint density at radius 2 is 0.837 bits per heavy atom. The highest BCUT2D eigenvalue weighted by atomic mass is 79.9. The van der Waals surface area contributed by atoms with Gasteiger partial charge in [-0.1, -0.05) is 15.9 Å². The van der Waals surface area contributed by atoms with E-state index in [1.807, 2.05) is 0 Å². The third kappa shape index (κ3) is 4.26. The van der Waals surface area contributed by atoms with Gasteiger partial charge < -0.3 is 10.6 Å². The Balaban J connectivity index is 1.91. The summed E-state index contributed by atoms with van der Waals surface area (Å²) in [6.07, 6.45) is -13.2. The molecule has 2 amide bonds. The molecule has 0 saturated carbocycles. The maximum Gasteiger partial charge on any atom is 0.428 e. The number of nitrogens with one attached hydrogen (secondary N) is 2. The fourth-order valence-electron chi connectivity index (χ4n) is 3.35. The molecular weight excluding hydrogens is 730 g/mol. The summed E-state index contributed by atoms with van der Waals surface area (Å²) in [4.78, 5) is 23.7. The van der Waals surface area contributed by atoms with Gasteiger partial charge in [0.1, 0.15) is 0 Å². The molecule has 1 aromatic carbocycles. The van der Waals surface area contributed by atoms with Gasteiger partial charge in [0.2, 0.25) is 0 Å². The van der Waals surface area contributed by atoms with Crippen LogP contribution in [-0.4, -0.2) is 71.3 Å². The van der Waals surface area contributed by atoms with E-state index in [1.165, 1.54) is 0 Å². The first-order chi connectivity index (χ1) is 18.8. The van der Waals surface area contributed by atoms with Gasteiger partial charge in [-0.3, -0.25) is 19.1 Å². The third-order valence-corrected chi connectivity index (χ3v) is 6.11. The first-order valence-electron chi connectivity index (χ1n) is 10.0. The molecule has 2 atom stereocenters. The fourth-order valence-corrected chi connectivity index (χ4v) is 3.84. The van der Waals surface area contributed by atoms with E-state index in [0.29, 0.717) is 12.1 Å². The largest absolute Gasteiger partial charge is 0.428 e. The molecule has 0 aliphatic carbocycles. The molecule has 0 radical (unpaired) electrons. The summed E-state index contributed by atoms with van der Waals surface area (Å²) >= 11 is 2.43. The molecule has 2 fully saturated rings. The molecule has 2 saturated heterocycles. The Morgan fingerprint density at radius 3 is 1.07 bits per heavy atom. The van der Waals surface area contributed by atoms with E-state index in [1.54, 1.807) is 0 Å². The normalized spacial score (nSPS) is 30.1. The van der Waals surface area contributed by atoms with Gasteiger partial charge in [-0.2, -0.15) is 79.0 Å². The van der Waals surface area contributed by atoms with Gasteiger partial charge in [0.25, 0.3) is 0 Å². The average molecular weight is 735 g/mol. The van der Waals surface area contributed by atoms with Crippen LogP contribution in [0.3, 0.4) is 0 Å². The maximum absolute atomic E-state index is 14.3. The van der Waals surface area contributed by atoms with Crippen molar-refractivity contribution in [3.05, 3.63) is 22.7 Å². The Bertz CT molecular complexity index is 1260. The number of anilines is 2. The number of rotatable bonds is 6. The lowest BCUT2D eigenvalue weighted by atomic mass is 9.99. The minimum Gasteiger partial charge on any atom is -0.321 e. The van der Waals surface area contributed by atoms with E-state index >= 15 is 0 Å². The number of halogens is 19. The van der Waals surface area contributed by atoms with Crippen molar-refractivity contribution in [2.24, 2.45) is 0 Å². The van der Waals surface area contributed by atoms with Gasteiger partial charge in [0, 0.05) is 15.8 Å². The van der Waals surface area contributed by atoms with E-state index < -0.39 is 87.1 Å². The van der Waals surface area contributed by atoms with Gasteiger partial charge in [0.15, 0.2) is 0 Å². The summed E-state index contributed by atoms with van der Waals surface area (Å²) in [7, 11) is 0. The molecule has 0 bridgehead atoms. The second kappa shape index (κ2) is 9.17. The van der Waals surface area contributed by atoms with Crippen LogP contribution in [0.15, 0.2) is 22.7 Å². The number of alkyl halides is 18. The van der Waals surface area contributed by atoms with Crippen LogP contribution >= 0.6 is 15.9 Å². The zero-order chi connectivity index (χ0) is 33.8. The molecule has 2 heterocycles. The van der Waals surface area contributed by atoms with Crippen molar-refractivity contribution in [3.8, 4) is 0 Å². The van der Waals surface area contributed by atoms with Crippen LogP contribution in [0.25, 0.3) is 0 Å². The second-order valence-corrected chi connectivity index (χ2v) is 9.43. The molecule has 3 rings (SSSR count). The molecule has 43 heavy (non-hydrogen) atoms. The lowest BCUT2D eigenvalue weighted by Crippen LogP contribution is -2.63. The number of carbonyl (C=O) groups excluding carboxylic acids is 2. The molecule has 244 valence electrons. The van der Waals surface area contributed by atoms with Crippen LogP contribution in [-0.2, 0) is 19.1 Å². The molecule has 0 aromatic heterocycles. The zero-order valence-electron chi connectivity index (χ0n) is 19.0. The minimum atomic E-state index is -7.10. The average Bonchev–Trinajstić information content (AvgIpc) is 2.98. The summed E-state index contributed by atoms with van der Waals surface area (Å²) < 4.78 is 249. The zero-order valence-corrected chi connectivity index (χ0v) is 20.6. The first kappa shape index (κ1) is 34.8. The van der Waals surface area contributed by atoms with E-state index in [9.17, 15) is 88.6 Å². The molecule has 2 N–H and O–H groups in total. The maximum atomic E-state index is 14.3. The molecule has 0 spiro atoms. The predicted octanol–water partition coefficient (Wildman–Crippen LogP) is 6.72. The van der Waals surface area contributed by atoms with E-state index in [-0.39, 0.29) is 6.07 Å². The molecule has 6 nitrogen and oxygen atoms in total. The number of hydrogen-bond donors (Lipinski definition) is 2. The lowest BCUT2D eigenvalue weighted by Gasteiger charge is -2.32. The van der Waals surface area contributed by atoms with E-state index in [2.05, 4.69) is 25.4 Å². The highest BCUT2D eigenvalue weighted by molar-refractivity contribution is 9.10. The van der Waals surface area contributed by atoms with Crippen LogP contribution < -0.4 is 10.6 Å². The van der Waals surface area contributed by atoms with Crippen molar-refractivity contribution in [1.82, 2.24) is 0 Å². The lowest BCUT2D eigenvalue weighted by molar-refractivity contribution is -0.366. The third-order valence-electron chi connectivity index (χ3n) is 5.66. The summed E-state index contributed by atoms with van der Waals surface area (Å²) in [5.74, 6) is -61.9. The summed E-state index contributed by atoms with van der Waals surface area (Å²) in [5.41, 5.74) is -2.81. The minimum absolute atomic E-state index is 0.0732. The van der Waals surface area contributed by atoms with Crippen molar-refractivity contribution in [3.63, 3.8) is 0 Å². The molecule has 0 unspecified atom stereocenters.